The van der Waals surface area contributed by atoms with Crippen molar-refractivity contribution in [1.82, 2.24) is 5.32 Å². The molecule has 1 amide bonds. The monoisotopic (exact) mass is 295 g/mol. The number of carboxylic acid groups (broad SMARTS) is 1. The highest BCUT2D eigenvalue weighted by Crippen LogP contribution is 2.29. The Hall–Kier alpha value is -3.08. The molecule has 0 saturated heterocycles. The molecule has 1 heterocycles. The lowest BCUT2D eigenvalue weighted by Crippen LogP contribution is -2.19. The third kappa shape index (κ3) is 2.69. The molecule has 5 nitrogen and oxygen atoms in total. The van der Waals surface area contributed by atoms with Crippen molar-refractivity contribution in [2.24, 2.45) is 0 Å². The second kappa shape index (κ2) is 5.73. The van der Waals surface area contributed by atoms with E-state index in [0.29, 0.717) is 16.9 Å². The number of aldehydes is 1. The molecule has 1 aromatic heterocycles. The van der Waals surface area contributed by atoms with Crippen LogP contribution in [0.2, 0.25) is 0 Å². The van der Waals surface area contributed by atoms with Crippen LogP contribution in [0.25, 0.3) is 22.3 Å². The predicted molar refractivity (Wildman–Crippen MR) is 81.9 cm³/mol. The van der Waals surface area contributed by atoms with Gasteiger partial charge in [0, 0.05) is 17.5 Å². The van der Waals surface area contributed by atoms with Crippen molar-refractivity contribution >= 4 is 23.3 Å². The summed E-state index contributed by atoms with van der Waals surface area (Å²) in [6.45, 7) is 0.225. The average Bonchev–Trinajstić information content (AvgIpc) is 2.97. The number of amides is 1. The van der Waals surface area contributed by atoms with Gasteiger partial charge in [-0.1, -0.05) is 30.3 Å². The second-order valence-corrected chi connectivity index (χ2v) is 4.85. The molecule has 5 heteroatoms. The highest BCUT2D eigenvalue weighted by atomic mass is 16.4. The van der Waals surface area contributed by atoms with Gasteiger partial charge in [-0.15, -0.1) is 0 Å². The van der Waals surface area contributed by atoms with Gasteiger partial charge in [0.1, 0.15) is 11.3 Å². The summed E-state index contributed by atoms with van der Waals surface area (Å²) in [5.41, 5.74) is 2.72. The van der Waals surface area contributed by atoms with Gasteiger partial charge in [0.15, 0.2) is 6.29 Å². The molecule has 0 spiro atoms. The molecule has 0 saturated carbocycles. The summed E-state index contributed by atoms with van der Waals surface area (Å²) in [5, 5.41) is 11.8. The number of para-hydroxylation sites is 1. The SMILES string of the molecule is O=Cc1cccc2cc(-c3cccc(CNC(=O)O)c3)oc12. The number of carbonyl (C=O) groups excluding carboxylic acids is 1. The van der Waals surface area contributed by atoms with E-state index in [1.54, 1.807) is 12.1 Å². The van der Waals surface area contributed by atoms with Crippen LogP contribution in [0.1, 0.15) is 15.9 Å². The molecule has 0 fully saturated rings. The van der Waals surface area contributed by atoms with Crippen LogP contribution in [0.3, 0.4) is 0 Å². The van der Waals surface area contributed by atoms with Crippen LogP contribution in [0.15, 0.2) is 52.9 Å². The normalized spacial score (nSPS) is 10.5. The molecule has 0 aliphatic carbocycles. The fraction of sp³-hybridized carbons (Fsp3) is 0.0588. The van der Waals surface area contributed by atoms with Crippen molar-refractivity contribution in [1.29, 1.82) is 0 Å². The fourth-order valence-corrected chi connectivity index (χ4v) is 2.33. The molecule has 0 unspecified atom stereocenters. The quantitative estimate of drug-likeness (QED) is 0.719. The molecule has 3 rings (SSSR count). The van der Waals surface area contributed by atoms with Crippen LogP contribution in [0, 0.1) is 0 Å². The zero-order valence-electron chi connectivity index (χ0n) is 11.6. The number of carbonyl (C=O) groups is 2. The Balaban J connectivity index is 1.98. The van der Waals surface area contributed by atoms with Gasteiger partial charge in [0.05, 0.1) is 5.56 Å². The highest BCUT2D eigenvalue weighted by molar-refractivity contribution is 5.96. The molecule has 0 bridgehead atoms. The van der Waals surface area contributed by atoms with E-state index in [2.05, 4.69) is 5.32 Å². The van der Waals surface area contributed by atoms with Crippen LogP contribution in [0.5, 0.6) is 0 Å². The van der Waals surface area contributed by atoms with E-state index in [9.17, 15) is 9.59 Å². The number of rotatable bonds is 4. The first kappa shape index (κ1) is 13.9. The van der Waals surface area contributed by atoms with Crippen molar-refractivity contribution in [3.8, 4) is 11.3 Å². The lowest BCUT2D eigenvalue weighted by atomic mass is 10.1. The lowest BCUT2D eigenvalue weighted by Gasteiger charge is -2.03. The molecular weight excluding hydrogens is 282 g/mol. The van der Waals surface area contributed by atoms with Crippen molar-refractivity contribution in [3.05, 3.63) is 59.7 Å². The Morgan fingerprint density at radius 1 is 1.18 bits per heavy atom. The van der Waals surface area contributed by atoms with Gasteiger partial charge in [-0.05, 0) is 23.8 Å². The van der Waals surface area contributed by atoms with Gasteiger partial charge in [0.25, 0.3) is 0 Å². The Labute approximate surface area is 126 Å². The zero-order chi connectivity index (χ0) is 15.5. The van der Waals surface area contributed by atoms with Crippen LogP contribution in [-0.4, -0.2) is 17.5 Å². The van der Waals surface area contributed by atoms with E-state index >= 15 is 0 Å². The summed E-state index contributed by atoms with van der Waals surface area (Å²) in [6, 6.07) is 14.7. The minimum absolute atomic E-state index is 0.225. The van der Waals surface area contributed by atoms with Crippen LogP contribution < -0.4 is 5.32 Å². The minimum atomic E-state index is -1.07. The third-order valence-electron chi connectivity index (χ3n) is 3.36. The molecule has 22 heavy (non-hydrogen) atoms. The summed E-state index contributed by atoms with van der Waals surface area (Å²) >= 11 is 0. The number of nitrogens with one attached hydrogen (secondary N) is 1. The van der Waals surface area contributed by atoms with Crippen LogP contribution in [0.4, 0.5) is 4.79 Å². The summed E-state index contributed by atoms with van der Waals surface area (Å²) < 4.78 is 5.79. The Bertz CT molecular complexity index is 851. The first-order valence-corrected chi connectivity index (χ1v) is 6.71. The summed E-state index contributed by atoms with van der Waals surface area (Å²) in [6.07, 6.45) is -0.298. The Morgan fingerprint density at radius 2 is 2.00 bits per heavy atom. The number of hydrogen-bond donors (Lipinski definition) is 2. The van der Waals surface area contributed by atoms with Gasteiger partial charge < -0.3 is 14.8 Å². The van der Waals surface area contributed by atoms with E-state index in [4.69, 9.17) is 9.52 Å². The molecule has 0 aliphatic rings. The topological polar surface area (TPSA) is 79.5 Å². The standard InChI is InChI=1S/C17H13NO4/c19-10-14-6-2-5-13-8-15(22-16(13)14)12-4-1-3-11(7-12)9-18-17(20)21/h1-8,10,18H,9H2,(H,20,21). The van der Waals surface area contributed by atoms with Crippen molar-refractivity contribution in [2.45, 2.75) is 6.54 Å². The molecule has 3 aromatic rings. The number of fused-ring (bicyclic) bond motifs is 1. The third-order valence-corrected chi connectivity index (χ3v) is 3.36. The molecule has 110 valence electrons. The maximum absolute atomic E-state index is 11.0. The van der Waals surface area contributed by atoms with Gasteiger partial charge in [0.2, 0.25) is 0 Å². The number of furan rings is 1. The first-order chi connectivity index (χ1) is 10.7. The van der Waals surface area contributed by atoms with Crippen molar-refractivity contribution in [2.75, 3.05) is 0 Å². The van der Waals surface area contributed by atoms with Crippen molar-refractivity contribution in [3.63, 3.8) is 0 Å². The summed E-state index contributed by atoms with van der Waals surface area (Å²) in [7, 11) is 0. The number of hydrogen-bond acceptors (Lipinski definition) is 3. The lowest BCUT2D eigenvalue weighted by molar-refractivity contribution is 0.112. The Morgan fingerprint density at radius 3 is 2.77 bits per heavy atom. The number of benzene rings is 2. The summed E-state index contributed by atoms with van der Waals surface area (Å²) in [4.78, 5) is 21.6. The van der Waals surface area contributed by atoms with Crippen molar-refractivity contribution < 1.29 is 19.1 Å². The zero-order valence-corrected chi connectivity index (χ0v) is 11.6. The largest absolute Gasteiger partial charge is 0.465 e. The fourth-order valence-electron chi connectivity index (χ4n) is 2.33. The average molecular weight is 295 g/mol. The van der Waals surface area contributed by atoms with E-state index < -0.39 is 6.09 Å². The van der Waals surface area contributed by atoms with E-state index in [-0.39, 0.29) is 6.54 Å². The highest BCUT2D eigenvalue weighted by Gasteiger charge is 2.10. The van der Waals surface area contributed by atoms with Gasteiger partial charge in [-0.3, -0.25) is 4.79 Å². The molecule has 0 radical (unpaired) electrons. The minimum Gasteiger partial charge on any atom is -0.465 e. The molecular formula is C17H13NO4. The molecule has 2 aromatic carbocycles. The van der Waals surface area contributed by atoms with E-state index in [1.807, 2.05) is 36.4 Å². The predicted octanol–water partition coefficient (Wildman–Crippen LogP) is 3.68. The van der Waals surface area contributed by atoms with Crippen LogP contribution in [-0.2, 0) is 6.54 Å². The van der Waals surface area contributed by atoms with E-state index in [1.165, 1.54) is 0 Å². The Kier molecular flexibility index (Phi) is 3.62. The van der Waals surface area contributed by atoms with E-state index in [0.717, 1.165) is 22.8 Å². The molecule has 0 aliphatic heterocycles. The summed E-state index contributed by atoms with van der Waals surface area (Å²) in [5.74, 6) is 0.640. The smallest absolute Gasteiger partial charge is 0.404 e. The molecule has 2 N–H and O–H groups in total. The maximum Gasteiger partial charge on any atom is 0.404 e. The second-order valence-electron chi connectivity index (χ2n) is 4.85. The van der Waals surface area contributed by atoms with Gasteiger partial charge in [-0.25, -0.2) is 4.79 Å². The maximum atomic E-state index is 11.0. The van der Waals surface area contributed by atoms with Gasteiger partial charge >= 0.3 is 6.09 Å². The first-order valence-electron chi connectivity index (χ1n) is 6.71. The molecule has 0 atom stereocenters. The van der Waals surface area contributed by atoms with Crippen LogP contribution >= 0.6 is 0 Å². The van der Waals surface area contributed by atoms with Gasteiger partial charge in [-0.2, -0.15) is 0 Å².